The van der Waals surface area contributed by atoms with Gasteiger partial charge in [0.25, 0.3) is 5.56 Å². The Bertz CT molecular complexity index is 1360. The summed E-state index contributed by atoms with van der Waals surface area (Å²) in [6, 6.07) is 2.24. The minimum absolute atomic E-state index is 0.117. The van der Waals surface area contributed by atoms with E-state index in [1.54, 1.807) is 6.92 Å². The average molecular weight is 500 g/mol. The Morgan fingerprint density at radius 2 is 2.06 bits per heavy atom. The summed E-state index contributed by atoms with van der Waals surface area (Å²) in [6.45, 7) is 2.28. The molecule has 4 rings (SSSR count). The SMILES string of the molecule is CCc1cc(=O)n2nc(C3=CCOCC3)nc2n1CC(=O)Nc1cc(F)c(C(F)(F)F)cc1Cl. The zero-order valence-corrected chi connectivity index (χ0v) is 18.5. The summed E-state index contributed by atoms with van der Waals surface area (Å²) >= 11 is 5.85. The molecule has 0 saturated heterocycles. The number of rotatable bonds is 5. The van der Waals surface area contributed by atoms with Crippen LogP contribution in [-0.2, 0) is 28.7 Å². The highest BCUT2D eigenvalue weighted by molar-refractivity contribution is 6.33. The second-order valence-electron chi connectivity index (χ2n) is 7.47. The van der Waals surface area contributed by atoms with Gasteiger partial charge in [-0.2, -0.15) is 22.7 Å². The van der Waals surface area contributed by atoms with Crippen molar-refractivity contribution < 1.29 is 27.1 Å². The first-order valence-electron chi connectivity index (χ1n) is 10.2. The van der Waals surface area contributed by atoms with Crippen LogP contribution in [0.2, 0.25) is 5.02 Å². The van der Waals surface area contributed by atoms with Crippen molar-refractivity contribution >= 4 is 34.5 Å². The highest BCUT2D eigenvalue weighted by atomic mass is 35.5. The molecule has 1 aromatic carbocycles. The Kier molecular flexibility index (Phi) is 6.45. The minimum atomic E-state index is -4.93. The number of halogens is 5. The topological polar surface area (TPSA) is 90.5 Å². The summed E-state index contributed by atoms with van der Waals surface area (Å²) in [5.41, 5.74) is -0.999. The first-order chi connectivity index (χ1) is 16.1. The molecule has 13 heteroatoms. The number of aryl methyl sites for hydroxylation is 1. The molecule has 1 amide bonds. The van der Waals surface area contributed by atoms with Crippen LogP contribution in [0, 0.1) is 5.82 Å². The number of hydrogen-bond donors (Lipinski definition) is 1. The number of hydrogen-bond acceptors (Lipinski definition) is 5. The fraction of sp³-hybridized carbons (Fsp3) is 0.333. The van der Waals surface area contributed by atoms with Gasteiger partial charge in [-0.25, -0.2) is 4.39 Å². The van der Waals surface area contributed by atoms with Crippen LogP contribution in [0.1, 0.15) is 30.4 Å². The van der Waals surface area contributed by atoms with Crippen LogP contribution in [0.3, 0.4) is 0 Å². The van der Waals surface area contributed by atoms with E-state index in [0.717, 1.165) is 10.1 Å². The number of nitrogens with one attached hydrogen (secondary N) is 1. The Morgan fingerprint density at radius 1 is 1.29 bits per heavy atom. The van der Waals surface area contributed by atoms with Gasteiger partial charge in [-0.05, 0) is 30.5 Å². The summed E-state index contributed by atoms with van der Waals surface area (Å²) in [4.78, 5) is 29.7. The molecule has 8 nitrogen and oxygen atoms in total. The summed E-state index contributed by atoms with van der Waals surface area (Å²) in [7, 11) is 0. The van der Waals surface area contributed by atoms with Gasteiger partial charge in [0, 0.05) is 11.8 Å². The van der Waals surface area contributed by atoms with E-state index in [-0.39, 0.29) is 18.0 Å². The van der Waals surface area contributed by atoms with Gasteiger partial charge in [0.15, 0.2) is 5.82 Å². The second-order valence-corrected chi connectivity index (χ2v) is 7.88. The molecule has 0 fully saturated rings. The van der Waals surface area contributed by atoms with Gasteiger partial charge in [-0.3, -0.25) is 9.59 Å². The standard InChI is InChI=1S/C21H18ClF4N5O3/c1-2-12-7-18(33)31-20(28-19(29-31)11-3-5-34-6-4-11)30(12)10-17(32)27-16-9-15(23)13(8-14(16)22)21(24,25)26/h3,7-9H,2,4-6,10H2,1H3,(H,27,32). The summed E-state index contributed by atoms with van der Waals surface area (Å²) in [6.07, 6.45) is -2.18. The van der Waals surface area contributed by atoms with Crippen LogP contribution < -0.4 is 10.9 Å². The lowest BCUT2D eigenvalue weighted by atomic mass is 10.1. The van der Waals surface area contributed by atoms with E-state index >= 15 is 0 Å². The number of ether oxygens (including phenoxy) is 1. The highest BCUT2D eigenvalue weighted by Gasteiger charge is 2.35. The Balaban J connectivity index is 1.67. The van der Waals surface area contributed by atoms with Crippen molar-refractivity contribution in [1.29, 1.82) is 0 Å². The van der Waals surface area contributed by atoms with Crippen molar-refractivity contribution in [3.8, 4) is 0 Å². The molecule has 0 bridgehead atoms. The highest BCUT2D eigenvalue weighted by Crippen LogP contribution is 2.36. The van der Waals surface area contributed by atoms with Crippen LogP contribution in [0.5, 0.6) is 0 Å². The first-order valence-corrected chi connectivity index (χ1v) is 10.6. The Labute approximate surface area is 194 Å². The predicted molar refractivity (Wildman–Crippen MR) is 115 cm³/mol. The van der Waals surface area contributed by atoms with Crippen molar-refractivity contribution in [3.05, 3.63) is 62.6 Å². The number of carbonyl (C=O) groups excluding carboxylic acids is 1. The number of alkyl halides is 3. The van der Waals surface area contributed by atoms with Gasteiger partial charge in [0.2, 0.25) is 11.7 Å². The van der Waals surface area contributed by atoms with Crippen molar-refractivity contribution in [3.63, 3.8) is 0 Å². The number of fused-ring (bicyclic) bond motifs is 1. The first kappa shape index (κ1) is 23.9. The smallest absolute Gasteiger partial charge is 0.377 e. The third-order valence-corrected chi connectivity index (χ3v) is 5.54. The molecule has 34 heavy (non-hydrogen) atoms. The van der Waals surface area contributed by atoms with Crippen molar-refractivity contribution in [2.24, 2.45) is 0 Å². The maximum absolute atomic E-state index is 13.9. The molecule has 1 aliphatic heterocycles. The maximum Gasteiger partial charge on any atom is 0.419 e. The van der Waals surface area contributed by atoms with E-state index in [1.807, 2.05) is 6.08 Å². The van der Waals surface area contributed by atoms with Gasteiger partial charge in [-0.15, -0.1) is 5.10 Å². The number of anilines is 1. The molecular formula is C21H18ClF4N5O3. The molecule has 1 aliphatic rings. The van der Waals surface area contributed by atoms with Crippen LogP contribution in [-0.4, -0.2) is 38.3 Å². The van der Waals surface area contributed by atoms with E-state index in [1.165, 1.54) is 10.6 Å². The minimum Gasteiger partial charge on any atom is -0.377 e. The molecule has 180 valence electrons. The molecule has 3 heterocycles. The molecule has 0 atom stereocenters. The van der Waals surface area contributed by atoms with Gasteiger partial charge in [0.1, 0.15) is 12.4 Å². The molecule has 1 N–H and O–H groups in total. The van der Waals surface area contributed by atoms with Gasteiger partial charge in [0.05, 0.1) is 29.5 Å². The van der Waals surface area contributed by atoms with Crippen LogP contribution in [0.25, 0.3) is 11.4 Å². The molecule has 0 unspecified atom stereocenters. The summed E-state index contributed by atoms with van der Waals surface area (Å²) < 4.78 is 60.4. The number of aromatic nitrogens is 4. The van der Waals surface area contributed by atoms with Gasteiger partial charge in [-0.1, -0.05) is 24.6 Å². The fourth-order valence-corrected chi connectivity index (χ4v) is 3.77. The Hall–Kier alpha value is -3.25. The van der Waals surface area contributed by atoms with E-state index in [4.69, 9.17) is 16.3 Å². The molecular weight excluding hydrogens is 482 g/mol. The number of nitrogens with zero attached hydrogens (tertiary/aromatic N) is 4. The molecule has 0 spiro atoms. The van der Waals surface area contributed by atoms with Gasteiger partial charge >= 0.3 is 6.18 Å². The molecule has 2 aromatic heterocycles. The van der Waals surface area contributed by atoms with E-state index < -0.39 is 34.0 Å². The van der Waals surface area contributed by atoms with E-state index in [9.17, 15) is 27.2 Å². The number of amides is 1. The van der Waals surface area contributed by atoms with E-state index in [0.29, 0.717) is 49.7 Å². The monoisotopic (exact) mass is 499 g/mol. The van der Waals surface area contributed by atoms with Crippen LogP contribution in [0.15, 0.2) is 29.1 Å². The van der Waals surface area contributed by atoms with Crippen LogP contribution >= 0.6 is 11.6 Å². The third kappa shape index (κ3) is 4.68. The lowest BCUT2D eigenvalue weighted by molar-refractivity contribution is -0.139. The van der Waals surface area contributed by atoms with E-state index in [2.05, 4.69) is 15.4 Å². The van der Waals surface area contributed by atoms with Crippen LogP contribution in [0.4, 0.5) is 23.2 Å². The molecule has 3 aromatic rings. The largest absolute Gasteiger partial charge is 0.419 e. The lowest BCUT2D eigenvalue weighted by Gasteiger charge is -2.15. The zero-order chi connectivity index (χ0) is 24.6. The van der Waals surface area contributed by atoms with Crippen molar-refractivity contribution in [2.75, 3.05) is 18.5 Å². The van der Waals surface area contributed by atoms with Gasteiger partial charge < -0.3 is 14.6 Å². The second kappa shape index (κ2) is 9.18. The normalized spacial score (nSPS) is 14.4. The summed E-state index contributed by atoms with van der Waals surface area (Å²) in [5, 5.41) is 6.10. The quantitative estimate of drug-likeness (QED) is 0.541. The Morgan fingerprint density at radius 3 is 2.71 bits per heavy atom. The molecule has 0 aliphatic carbocycles. The predicted octanol–water partition coefficient (Wildman–Crippen LogP) is 3.71. The third-order valence-electron chi connectivity index (χ3n) is 5.23. The average Bonchev–Trinajstić information content (AvgIpc) is 3.24. The number of benzene rings is 1. The molecule has 0 radical (unpaired) electrons. The lowest BCUT2D eigenvalue weighted by Crippen LogP contribution is -2.26. The molecule has 0 saturated carbocycles. The maximum atomic E-state index is 13.9. The summed E-state index contributed by atoms with van der Waals surface area (Å²) in [5.74, 6) is -1.84. The zero-order valence-electron chi connectivity index (χ0n) is 17.7. The fourth-order valence-electron chi connectivity index (χ4n) is 3.56. The van der Waals surface area contributed by atoms with Crippen molar-refractivity contribution in [1.82, 2.24) is 19.2 Å². The van der Waals surface area contributed by atoms with Crippen molar-refractivity contribution in [2.45, 2.75) is 32.5 Å². The number of carbonyl (C=O) groups is 1.